The van der Waals surface area contributed by atoms with E-state index in [2.05, 4.69) is 4.98 Å². The molecule has 0 saturated heterocycles. The van der Waals surface area contributed by atoms with Crippen LogP contribution in [0.5, 0.6) is 5.75 Å². The van der Waals surface area contributed by atoms with Gasteiger partial charge in [-0.1, -0.05) is 18.6 Å². The van der Waals surface area contributed by atoms with Crippen LogP contribution in [0.2, 0.25) is 0 Å². The van der Waals surface area contributed by atoms with Gasteiger partial charge in [-0.3, -0.25) is 0 Å². The number of halogens is 1. The first-order valence-electron chi connectivity index (χ1n) is 5.94. The standard InChI is InChI=1S/C14H16FNOS/c1-4-13(15)17-12-6-5-9(2)7-11(12)14-16-8-10(3)18-14/h5-8,13H,4H2,1-3H3. The molecule has 2 rings (SSSR count). The van der Waals surface area contributed by atoms with Crippen LogP contribution in [-0.2, 0) is 0 Å². The third kappa shape index (κ3) is 2.88. The number of thiazole rings is 1. The summed E-state index contributed by atoms with van der Waals surface area (Å²) >= 11 is 1.58. The van der Waals surface area contributed by atoms with Gasteiger partial charge in [0.15, 0.2) is 0 Å². The second-order valence-electron chi connectivity index (χ2n) is 4.21. The Morgan fingerprint density at radius 3 is 2.78 bits per heavy atom. The van der Waals surface area contributed by atoms with Gasteiger partial charge in [0.2, 0.25) is 6.36 Å². The number of rotatable bonds is 4. The van der Waals surface area contributed by atoms with E-state index in [0.29, 0.717) is 12.2 Å². The van der Waals surface area contributed by atoms with E-state index in [1.165, 1.54) is 0 Å². The molecule has 0 spiro atoms. The predicted molar refractivity (Wildman–Crippen MR) is 72.8 cm³/mol. The van der Waals surface area contributed by atoms with Crippen molar-refractivity contribution in [3.05, 3.63) is 34.8 Å². The molecular weight excluding hydrogens is 249 g/mol. The number of benzene rings is 1. The number of ether oxygens (including phenoxy) is 1. The van der Waals surface area contributed by atoms with Crippen LogP contribution in [0.3, 0.4) is 0 Å². The molecule has 1 aromatic carbocycles. The summed E-state index contributed by atoms with van der Waals surface area (Å²) in [7, 11) is 0. The van der Waals surface area contributed by atoms with Crippen molar-refractivity contribution < 1.29 is 9.13 Å². The van der Waals surface area contributed by atoms with E-state index in [0.717, 1.165) is 21.0 Å². The van der Waals surface area contributed by atoms with Gasteiger partial charge < -0.3 is 4.74 Å². The molecule has 0 aliphatic rings. The van der Waals surface area contributed by atoms with Crippen molar-refractivity contribution in [3.8, 4) is 16.3 Å². The quantitative estimate of drug-likeness (QED) is 0.811. The third-order valence-corrected chi connectivity index (χ3v) is 3.51. The zero-order chi connectivity index (χ0) is 13.1. The predicted octanol–water partition coefficient (Wildman–Crippen LogP) is 4.51. The maximum Gasteiger partial charge on any atom is 0.238 e. The Balaban J connectivity index is 2.40. The Kier molecular flexibility index (Phi) is 3.97. The molecule has 1 aromatic heterocycles. The molecule has 0 radical (unpaired) electrons. The van der Waals surface area contributed by atoms with Crippen molar-refractivity contribution in [3.63, 3.8) is 0 Å². The zero-order valence-electron chi connectivity index (χ0n) is 10.7. The highest BCUT2D eigenvalue weighted by Crippen LogP contribution is 2.34. The normalized spacial score (nSPS) is 12.4. The van der Waals surface area contributed by atoms with Crippen molar-refractivity contribution >= 4 is 11.3 Å². The summed E-state index contributed by atoms with van der Waals surface area (Å²) in [6.07, 6.45) is 0.885. The van der Waals surface area contributed by atoms with Gasteiger partial charge in [-0.15, -0.1) is 11.3 Å². The second kappa shape index (κ2) is 5.48. The fourth-order valence-electron chi connectivity index (χ4n) is 1.61. The van der Waals surface area contributed by atoms with Crippen molar-refractivity contribution in [2.45, 2.75) is 33.5 Å². The monoisotopic (exact) mass is 265 g/mol. The van der Waals surface area contributed by atoms with Crippen LogP contribution >= 0.6 is 11.3 Å². The van der Waals surface area contributed by atoms with Crippen molar-refractivity contribution in [1.82, 2.24) is 4.98 Å². The van der Waals surface area contributed by atoms with Gasteiger partial charge in [0.1, 0.15) is 10.8 Å². The Morgan fingerprint density at radius 2 is 2.17 bits per heavy atom. The number of aromatic nitrogens is 1. The highest BCUT2D eigenvalue weighted by Gasteiger charge is 2.13. The van der Waals surface area contributed by atoms with Gasteiger partial charge in [-0.05, 0) is 26.0 Å². The number of hydrogen-bond donors (Lipinski definition) is 0. The van der Waals surface area contributed by atoms with Gasteiger partial charge in [-0.2, -0.15) is 0 Å². The summed E-state index contributed by atoms with van der Waals surface area (Å²) in [4.78, 5) is 5.47. The van der Waals surface area contributed by atoms with Gasteiger partial charge in [0.05, 0.1) is 5.56 Å². The summed E-state index contributed by atoms with van der Waals surface area (Å²) in [5.74, 6) is 0.560. The van der Waals surface area contributed by atoms with E-state index in [1.807, 2.05) is 38.2 Å². The van der Waals surface area contributed by atoms with Crippen LogP contribution in [0.1, 0.15) is 23.8 Å². The molecule has 2 nitrogen and oxygen atoms in total. The maximum absolute atomic E-state index is 13.4. The van der Waals surface area contributed by atoms with Crippen LogP contribution in [-0.4, -0.2) is 11.3 Å². The summed E-state index contributed by atoms with van der Waals surface area (Å²) in [6.45, 7) is 5.76. The minimum absolute atomic E-state index is 0.338. The zero-order valence-corrected chi connectivity index (χ0v) is 11.6. The smallest absolute Gasteiger partial charge is 0.238 e. The van der Waals surface area contributed by atoms with E-state index in [9.17, 15) is 4.39 Å². The molecule has 1 heterocycles. The average molecular weight is 265 g/mol. The summed E-state index contributed by atoms with van der Waals surface area (Å²) in [5.41, 5.74) is 1.97. The molecule has 0 amide bonds. The Labute approximate surface area is 110 Å². The van der Waals surface area contributed by atoms with Crippen LogP contribution in [0.15, 0.2) is 24.4 Å². The lowest BCUT2D eigenvalue weighted by atomic mass is 10.1. The van der Waals surface area contributed by atoms with Crippen LogP contribution in [0, 0.1) is 13.8 Å². The van der Waals surface area contributed by atoms with Crippen molar-refractivity contribution in [1.29, 1.82) is 0 Å². The van der Waals surface area contributed by atoms with Crippen molar-refractivity contribution in [2.24, 2.45) is 0 Å². The van der Waals surface area contributed by atoms with Gasteiger partial charge in [0.25, 0.3) is 0 Å². The highest BCUT2D eigenvalue weighted by molar-refractivity contribution is 7.15. The van der Waals surface area contributed by atoms with E-state index >= 15 is 0 Å². The second-order valence-corrected chi connectivity index (χ2v) is 5.45. The molecular formula is C14H16FNOS. The lowest BCUT2D eigenvalue weighted by molar-refractivity contribution is 0.0647. The molecule has 1 unspecified atom stereocenters. The van der Waals surface area contributed by atoms with Crippen LogP contribution in [0.25, 0.3) is 10.6 Å². The van der Waals surface area contributed by atoms with Crippen LogP contribution < -0.4 is 4.74 Å². The molecule has 0 saturated carbocycles. The lowest BCUT2D eigenvalue weighted by Gasteiger charge is -2.13. The molecule has 0 fully saturated rings. The topological polar surface area (TPSA) is 22.1 Å². The number of hydrogen-bond acceptors (Lipinski definition) is 3. The minimum Gasteiger partial charge on any atom is -0.460 e. The third-order valence-electron chi connectivity index (χ3n) is 2.56. The Bertz CT molecular complexity index is 538. The Morgan fingerprint density at radius 1 is 1.39 bits per heavy atom. The Hall–Kier alpha value is -1.42. The molecule has 0 N–H and O–H groups in total. The SMILES string of the molecule is CCC(F)Oc1ccc(C)cc1-c1ncc(C)s1. The maximum atomic E-state index is 13.4. The fraction of sp³-hybridized carbons (Fsp3) is 0.357. The molecule has 0 aliphatic heterocycles. The summed E-state index contributed by atoms with van der Waals surface area (Å²) in [5, 5.41) is 0.870. The summed E-state index contributed by atoms with van der Waals surface area (Å²) < 4.78 is 18.7. The molecule has 0 aliphatic carbocycles. The lowest BCUT2D eigenvalue weighted by Crippen LogP contribution is -2.08. The first kappa shape index (κ1) is 13.0. The van der Waals surface area contributed by atoms with Crippen LogP contribution in [0.4, 0.5) is 4.39 Å². The van der Waals surface area contributed by atoms with Gasteiger partial charge in [-0.25, -0.2) is 9.37 Å². The largest absolute Gasteiger partial charge is 0.460 e. The summed E-state index contributed by atoms with van der Waals surface area (Å²) in [6, 6.07) is 5.71. The fourth-order valence-corrected chi connectivity index (χ4v) is 2.40. The van der Waals surface area contributed by atoms with Crippen molar-refractivity contribution in [2.75, 3.05) is 0 Å². The molecule has 18 heavy (non-hydrogen) atoms. The van der Waals surface area contributed by atoms with E-state index in [4.69, 9.17) is 4.74 Å². The van der Waals surface area contributed by atoms with E-state index < -0.39 is 6.36 Å². The number of aryl methyl sites for hydroxylation is 2. The van der Waals surface area contributed by atoms with Gasteiger partial charge >= 0.3 is 0 Å². The molecule has 2 aromatic rings. The number of nitrogens with zero attached hydrogens (tertiary/aromatic N) is 1. The average Bonchev–Trinajstić information content (AvgIpc) is 2.78. The van der Waals surface area contributed by atoms with Gasteiger partial charge in [0, 0.05) is 17.5 Å². The molecule has 0 bridgehead atoms. The number of alkyl halides is 1. The molecule has 1 atom stereocenters. The molecule has 96 valence electrons. The highest BCUT2D eigenvalue weighted by atomic mass is 32.1. The first-order valence-corrected chi connectivity index (χ1v) is 6.76. The molecule has 4 heteroatoms. The van der Waals surface area contributed by atoms with E-state index in [1.54, 1.807) is 18.3 Å². The first-order chi connectivity index (χ1) is 8.60. The minimum atomic E-state index is -1.27. The van der Waals surface area contributed by atoms with E-state index in [-0.39, 0.29) is 0 Å².